The first kappa shape index (κ1) is 13.8. The molecule has 0 unspecified atom stereocenters. The summed E-state index contributed by atoms with van der Waals surface area (Å²) >= 11 is 0. The van der Waals surface area contributed by atoms with Crippen molar-refractivity contribution in [2.75, 3.05) is 6.54 Å². The average Bonchev–Trinajstić information content (AvgIpc) is 2.97. The molecule has 0 saturated carbocycles. The van der Waals surface area contributed by atoms with Gasteiger partial charge in [0.2, 0.25) is 0 Å². The number of rotatable bonds is 4. The topological polar surface area (TPSA) is 82.1 Å². The van der Waals surface area contributed by atoms with Crippen LogP contribution in [0.1, 0.15) is 47.1 Å². The lowest BCUT2D eigenvalue weighted by molar-refractivity contribution is 0.0685. The van der Waals surface area contributed by atoms with Crippen LogP contribution in [0, 0.1) is 0 Å². The van der Waals surface area contributed by atoms with E-state index in [0.717, 1.165) is 30.6 Å². The zero-order chi connectivity index (χ0) is 14.7. The van der Waals surface area contributed by atoms with Gasteiger partial charge in [-0.15, -0.1) is 0 Å². The van der Waals surface area contributed by atoms with E-state index in [1.807, 2.05) is 24.4 Å². The molecule has 2 aromatic rings. The smallest absolute Gasteiger partial charge is 0.354 e. The first-order chi connectivity index (χ1) is 10.3. The van der Waals surface area contributed by atoms with E-state index in [0.29, 0.717) is 6.54 Å². The Morgan fingerprint density at radius 3 is 3.10 bits per heavy atom. The highest BCUT2D eigenvalue weighted by atomic mass is 16.4. The zero-order valence-electron chi connectivity index (χ0n) is 11.7. The van der Waals surface area contributed by atoms with Crippen molar-refractivity contribution in [2.45, 2.75) is 31.8 Å². The predicted molar refractivity (Wildman–Crippen MR) is 76.8 cm³/mol. The fourth-order valence-electron chi connectivity index (χ4n) is 2.92. The van der Waals surface area contributed by atoms with Gasteiger partial charge in [-0.25, -0.2) is 4.79 Å². The molecule has 1 fully saturated rings. The van der Waals surface area contributed by atoms with Gasteiger partial charge in [-0.2, -0.15) is 5.10 Å². The first-order valence-corrected chi connectivity index (χ1v) is 7.16. The van der Waals surface area contributed by atoms with Crippen LogP contribution >= 0.6 is 0 Å². The van der Waals surface area contributed by atoms with Gasteiger partial charge >= 0.3 is 5.97 Å². The maximum absolute atomic E-state index is 11.2. The Labute approximate surface area is 122 Å². The normalized spacial score (nSPS) is 19.5. The van der Waals surface area contributed by atoms with E-state index in [1.54, 1.807) is 6.20 Å². The van der Waals surface area contributed by atoms with Crippen LogP contribution in [0.5, 0.6) is 0 Å². The van der Waals surface area contributed by atoms with Gasteiger partial charge in [0.1, 0.15) is 5.69 Å². The molecule has 0 aromatic carbocycles. The Morgan fingerprint density at radius 1 is 1.43 bits per heavy atom. The Hall–Kier alpha value is -2.21. The van der Waals surface area contributed by atoms with Gasteiger partial charge in [-0.3, -0.25) is 15.0 Å². The standard InChI is InChI=1S/C15H18N4O2/c20-15(21)14-11(9-17-18-14)10-19-8-4-2-6-13(19)12-5-1-3-7-16-12/h1,3,5,7,9,13H,2,4,6,8,10H2,(H,17,18)(H,20,21)/t13-/m0/s1. The number of aromatic nitrogens is 3. The molecule has 2 N–H and O–H groups in total. The van der Waals surface area contributed by atoms with Crippen molar-refractivity contribution in [1.29, 1.82) is 0 Å². The molecule has 1 aliphatic heterocycles. The first-order valence-electron chi connectivity index (χ1n) is 7.16. The van der Waals surface area contributed by atoms with E-state index in [1.165, 1.54) is 6.42 Å². The molecule has 110 valence electrons. The van der Waals surface area contributed by atoms with Crippen LogP contribution in [-0.2, 0) is 6.54 Å². The predicted octanol–water partition coefficient (Wildman–Crippen LogP) is 2.23. The summed E-state index contributed by atoms with van der Waals surface area (Å²) in [5, 5.41) is 15.6. The third-order valence-electron chi connectivity index (χ3n) is 3.95. The molecule has 21 heavy (non-hydrogen) atoms. The third-order valence-corrected chi connectivity index (χ3v) is 3.95. The number of pyridine rings is 1. The minimum Gasteiger partial charge on any atom is -0.477 e. The minimum absolute atomic E-state index is 0.181. The van der Waals surface area contributed by atoms with E-state index in [4.69, 9.17) is 5.11 Å². The number of likely N-dealkylation sites (tertiary alicyclic amines) is 1. The number of aromatic amines is 1. The van der Waals surface area contributed by atoms with Crippen LogP contribution in [0.4, 0.5) is 0 Å². The average molecular weight is 286 g/mol. The number of H-pyrrole nitrogens is 1. The summed E-state index contributed by atoms with van der Waals surface area (Å²) in [6.07, 6.45) is 6.77. The third kappa shape index (κ3) is 2.95. The summed E-state index contributed by atoms with van der Waals surface area (Å²) in [6.45, 7) is 1.53. The Kier molecular flexibility index (Phi) is 3.96. The molecular formula is C15H18N4O2. The van der Waals surface area contributed by atoms with Gasteiger partial charge in [0.15, 0.2) is 0 Å². The van der Waals surface area contributed by atoms with E-state index in [9.17, 15) is 4.79 Å². The zero-order valence-corrected chi connectivity index (χ0v) is 11.7. The summed E-state index contributed by atoms with van der Waals surface area (Å²) < 4.78 is 0. The molecule has 0 spiro atoms. The number of carboxylic acid groups (broad SMARTS) is 1. The van der Waals surface area contributed by atoms with Crippen LogP contribution in [-0.4, -0.2) is 37.7 Å². The number of carboxylic acids is 1. The number of hydrogen-bond donors (Lipinski definition) is 2. The van der Waals surface area contributed by atoms with Gasteiger partial charge in [-0.1, -0.05) is 12.5 Å². The highest BCUT2D eigenvalue weighted by molar-refractivity contribution is 5.86. The Balaban J connectivity index is 1.82. The molecule has 6 nitrogen and oxygen atoms in total. The molecular weight excluding hydrogens is 268 g/mol. The molecule has 3 heterocycles. The molecule has 0 amide bonds. The quantitative estimate of drug-likeness (QED) is 0.900. The van der Waals surface area contributed by atoms with E-state index in [-0.39, 0.29) is 11.7 Å². The fourth-order valence-corrected chi connectivity index (χ4v) is 2.92. The molecule has 3 rings (SSSR count). The fraction of sp³-hybridized carbons (Fsp3) is 0.400. The molecule has 6 heteroatoms. The number of carbonyl (C=O) groups is 1. The minimum atomic E-state index is -0.964. The number of nitrogens with zero attached hydrogens (tertiary/aromatic N) is 3. The maximum Gasteiger partial charge on any atom is 0.354 e. The van der Waals surface area contributed by atoms with Crippen molar-refractivity contribution < 1.29 is 9.90 Å². The lowest BCUT2D eigenvalue weighted by Crippen LogP contribution is -2.33. The number of aromatic carboxylic acids is 1. The molecule has 0 aliphatic carbocycles. The lowest BCUT2D eigenvalue weighted by Gasteiger charge is -2.35. The van der Waals surface area contributed by atoms with Crippen molar-refractivity contribution in [2.24, 2.45) is 0 Å². The van der Waals surface area contributed by atoms with Crippen LogP contribution in [0.2, 0.25) is 0 Å². The maximum atomic E-state index is 11.2. The number of hydrogen-bond acceptors (Lipinski definition) is 4. The van der Waals surface area contributed by atoms with E-state index in [2.05, 4.69) is 20.1 Å². The summed E-state index contributed by atoms with van der Waals surface area (Å²) in [4.78, 5) is 17.9. The number of piperidine rings is 1. The monoisotopic (exact) mass is 286 g/mol. The molecule has 1 aliphatic rings. The summed E-state index contributed by atoms with van der Waals surface area (Å²) in [7, 11) is 0. The van der Waals surface area contributed by atoms with Crippen molar-refractivity contribution in [3.05, 3.63) is 47.5 Å². The van der Waals surface area contributed by atoms with Crippen molar-refractivity contribution >= 4 is 5.97 Å². The lowest BCUT2D eigenvalue weighted by atomic mass is 9.98. The van der Waals surface area contributed by atoms with Crippen molar-refractivity contribution in [1.82, 2.24) is 20.1 Å². The van der Waals surface area contributed by atoms with Crippen LogP contribution in [0.25, 0.3) is 0 Å². The second-order valence-electron chi connectivity index (χ2n) is 5.31. The molecule has 2 aromatic heterocycles. The highest BCUT2D eigenvalue weighted by Crippen LogP contribution is 2.31. The second kappa shape index (κ2) is 6.05. The Bertz CT molecular complexity index is 611. The van der Waals surface area contributed by atoms with Crippen molar-refractivity contribution in [3.63, 3.8) is 0 Å². The largest absolute Gasteiger partial charge is 0.477 e. The van der Waals surface area contributed by atoms with Gasteiger partial charge in [-0.05, 0) is 31.5 Å². The van der Waals surface area contributed by atoms with Gasteiger partial charge in [0.05, 0.1) is 17.9 Å². The van der Waals surface area contributed by atoms with Crippen LogP contribution in [0.3, 0.4) is 0 Å². The second-order valence-corrected chi connectivity index (χ2v) is 5.31. The molecule has 1 atom stereocenters. The summed E-state index contributed by atoms with van der Waals surface area (Å²) in [5.41, 5.74) is 1.96. The van der Waals surface area contributed by atoms with Crippen LogP contribution < -0.4 is 0 Å². The SMILES string of the molecule is O=C(O)c1[nH]ncc1CN1CCCC[C@H]1c1ccccn1. The van der Waals surface area contributed by atoms with Crippen molar-refractivity contribution in [3.8, 4) is 0 Å². The van der Waals surface area contributed by atoms with Gasteiger partial charge in [0.25, 0.3) is 0 Å². The summed E-state index contributed by atoms with van der Waals surface area (Å²) in [6, 6.07) is 6.19. The highest BCUT2D eigenvalue weighted by Gasteiger charge is 2.26. The van der Waals surface area contributed by atoms with Gasteiger partial charge < -0.3 is 5.11 Å². The molecule has 0 bridgehead atoms. The van der Waals surface area contributed by atoms with E-state index >= 15 is 0 Å². The van der Waals surface area contributed by atoms with E-state index < -0.39 is 5.97 Å². The van der Waals surface area contributed by atoms with Crippen LogP contribution in [0.15, 0.2) is 30.6 Å². The molecule has 0 radical (unpaired) electrons. The van der Waals surface area contributed by atoms with Gasteiger partial charge in [0, 0.05) is 18.3 Å². The molecule has 1 saturated heterocycles. The summed E-state index contributed by atoms with van der Waals surface area (Å²) in [5.74, 6) is -0.964. The Morgan fingerprint density at radius 2 is 2.33 bits per heavy atom. The number of nitrogens with one attached hydrogen (secondary N) is 1.